The minimum atomic E-state index is -0.844. The van der Waals surface area contributed by atoms with Gasteiger partial charge in [0.25, 0.3) is 0 Å². The summed E-state index contributed by atoms with van der Waals surface area (Å²) in [5.41, 5.74) is 0.713. The van der Waals surface area contributed by atoms with E-state index in [1.807, 2.05) is 13.8 Å². The zero-order chi connectivity index (χ0) is 17.5. The zero-order valence-corrected chi connectivity index (χ0v) is 13.9. The standard InChI is InChI=1S/C16H21F2N5O/c1-4-19-16(21-9-15-22-11(3)23-24-15)20-8-10(2)12-5-6-13(17)14(18)7-12/h5-7,10H,4,8-9H2,1-3H3,(H2,19,20,21)/t10-/m1/s1. The van der Waals surface area contributed by atoms with Crippen LogP contribution in [0.25, 0.3) is 0 Å². The topological polar surface area (TPSA) is 75.3 Å². The van der Waals surface area contributed by atoms with Gasteiger partial charge in [0, 0.05) is 13.1 Å². The van der Waals surface area contributed by atoms with Gasteiger partial charge in [0.05, 0.1) is 0 Å². The molecule has 0 saturated carbocycles. The summed E-state index contributed by atoms with van der Waals surface area (Å²) < 4.78 is 31.3. The molecule has 2 N–H and O–H groups in total. The molecular weight excluding hydrogens is 316 g/mol. The Morgan fingerprint density at radius 3 is 2.71 bits per heavy atom. The number of nitrogens with one attached hydrogen (secondary N) is 2. The van der Waals surface area contributed by atoms with Gasteiger partial charge in [-0.1, -0.05) is 18.1 Å². The first-order chi connectivity index (χ1) is 11.5. The first-order valence-electron chi connectivity index (χ1n) is 7.76. The minimum Gasteiger partial charge on any atom is -0.357 e. The predicted molar refractivity (Wildman–Crippen MR) is 86.6 cm³/mol. The van der Waals surface area contributed by atoms with Gasteiger partial charge in [-0.2, -0.15) is 4.98 Å². The molecule has 0 saturated heterocycles. The van der Waals surface area contributed by atoms with Crippen LogP contribution in [0.2, 0.25) is 0 Å². The lowest BCUT2D eigenvalue weighted by Gasteiger charge is -2.16. The van der Waals surface area contributed by atoms with Crippen molar-refractivity contribution in [2.75, 3.05) is 13.1 Å². The summed E-state index contributed by atoms with van der Waals surface area (Å²) in [6.45, 7) is 7.07. The molecule has 8 heteroatoms. The highest BCUT2D eigenvalue weighted by Crippen LogP contribution is 2.17. The number of aliphatic imine (C=N–C) groups is 1. The van der Waals surface area contributed by atoms with E-state index in [4.69, 9.17) is 4.52 Å². The number of nitrogens with zero attached hydrogens (tertiary/aromatic N) is 3. The maximum absolute atomic E-state index is 13.3. The van der Waals surface area contributed by atoms with E-state index in [9.17, 15) is 8.78 Å². The Labute approximate surface area is 139 Å². The van der Waals surface area contributed by atoms with Crippen molar-refractivity contribution in [1.29, 1.82) is 0 Å². The van der Waals surface area contributed by atoms with Crippen molar-refractivity contribution in [3.8, 4) is 0 Å². The van der Waals surface area contributed by atoms with Crippen LogP contribution >= 0.6 is 0 Å². The Morgan fingerprint density at radius 2 is 2.08 bits per heavy atom. The van der Waals surface area contributed by atoms with E-state index in [-0.39, 0.29) is 12.5 Å². The SMILES string of the molecule is CCNC(=NCc1nc(C)no1)NC[C@@H](C)c1ccc(F)c(F)c1. The molecule has 0 radical (unpaired) electrons. The van der Waals surface area contributed by atoms with Crippen molar-refractivity contribution in [2.45, 2.75) is 33.2 Å². The van der Waals surface area contributed by atoms with Crippen molar-refractivity contribution in [3.05, 3.63) is 47.1 Å². The maximum atomic E-state index is 13.3. The van der Waals surface area contributed by atoms with Gasteiger partial charge < -0.3 is 15.2 Å². The average Bonchev–Trinajstić information content (AvgIpc) is 2.98. The highest BCUT2D eigenvalue weighted by molar-refractivity contribution is 5.79. The summed E-state index contributed by atoms with van der Waals surface area (Å²) in [6, 6.07) is 3.93. The summed E-state index contributed by atoms with van der Waals surface area (Å²) in [7, 11) is 0. The summed E-state index contributed by atoms with van der Waals surface area (Å²) in [5, 5.41) is 9.97. The first-order valence-corrected chi connectivity index (χ1v) is 7.76. The molecule has 1 heterocycles. The Kier molecular flexibility index (Phi) is 6.22. The van der Waals surface area contributed by atoms with Gasteiger partial charge in [-0.15, -0.1) is 0 Å². The number of rotatable bonds is 6. The highest BCUT2D eigenvalue weighted by Gasteiger charge is 2.10. The van der Waals surface area contributed by atoms with E-state index < -0.39 is 11.6 Å². The molecule has 2 aromatic rings. The molecule has 6 nitrogen and oxygen atoms in total. The van der Waals surface area contributed by atoms with Gasteiger partial charge in [-0.05, 0) is 37.5 Å². The molecule has 0 fully saturated rings. The lowest BCUT2D eigenvalue weighted by Crippen LogP contribution is -2.39. The van der Waals surface area contributed by atoms with Crippen LogP contribution in [-0.4, -0.2) is 29.2 Å². The fourth-order valence-corrected chi connectivity index (χ4v) is 2.08. The van der Waals surface area contributed by atoms with Crippen LogP contribution in [-0.2, 0) is 6.54 Å². The molecule has 0 spiro atoms. The molecule has 1 aromatic heterocycles. The second-order valence-corrected chi connectivity index (χ2v) is 5.39. The number of halogens is 2. The molecule has 1 atom stereocenters. The van der Waals surface area contributed by atoms with Gasteiger partial charge in [0.1, 0.15) is 6.54 Å². The number of benzene rings is 1. The van der Waals surface area contributed by atoms with Crippen molar-refractivity contribution in [3.63, 3.8) is 0 Å². The number of aryl methyl sites for hydroxylation is 1. The Hall–Kier alpha value is -2.51. The Bertz CT molecular complexity index is 702. The van der Waals surface area contributed by atoms with Gasteiger partial charge in [-0.25, -0.2) is 13.8 Å². The van der Waals surface area contributed by atoms with Crippen LogP contribution in [0, 0.1) is 18.6 Å². The zero-order valence-electron chi connectivity index (χ0n) is 13.9. The molecule has 0 aliphatic carbocycles. The Balaban J connectivity index is 1.95. The normalized spacial score (nSPS) is 13.0. The molecule has 0 amide bonds. The number of hydrogen-bond donors (Lipinski definition) is 2. The Morgan fingerprint density at radius 1 is 1.29 bits per heavy atom. The predicted octanol–water partition coefficient (Wildman–Crippen LogP) is 2.52. The number of aromatic nitrogens is 2. The van der Waals surface area contributed by atoms with Gasteiger partial charge in [0.2, 0.25) is 5.89 Å². The molecule has 24 heavy (non-hydrogen) atoms. The second kappa shape index (κ2) is 8.37. The molecule has 2 rings (SSSR count). The van der Waals surface area contributed by atoms with E-state index >= 15 is 0 Å². The molecule has 1 aromatic carbocycles. The van der Waals surface area contributed by atoms with Crippen LogP contribution in [0.15, 0.2) is 27.7 Å². The summed E-state index contributed by atoms with van der Waals surface area (Å²) in [5.74, 6) is -0.129. The van der Waals surface area contributed by atoms with Crippen LogP contribution in [0.4, 0.5) is 8.78 Å². The van der Waals surface area contributed by atoms with E-state index in [0.717, 1.165) is 6.07 Å². The summed E-state index contributed by atoms with van der Waals surface area (Å²) in [6.07, 6.45) is 0. The molecular formula is C16H21F2N5O. The molecule has 0 bridgehead atoms. The lowest BCUT2D eigenvalue weighted by molar-refractivity contribution is 0.376. The summed E-state index contributed by atoms with van der Waals surface area (Å²) in [4.78, 5) is 8.44. The average molecular weight is 337 g/mol. The molecule has 130 valence electrons. The van der Waals surface area contributed by atoms with E-state index in [0.29, 0.717) is 36.3 Å². The van der Waals surface area contributed by atoms with Gasteiger partial charge in [-0.3, -0.25) is 0 Å². The molecule has 0 aliphatic heterocycles. The van der Waals surface area contributed by atoms with E-state index in [1.54, 1.807) is 13.0 Å². The third-order valence-corrected chi connectivity index (χ3v) is 3.37. The van der Waals surface area contributed by atoms with E-state index in [1.165, 1.54) is 6.07 Å². The maximum Gasteiger partial charge on any atom is 0.248 e. The monoisotopic (exact) mass is 337 g/mol. The van der Waals surface area contributed by atoms with Crippen LogP contribution in [0.1, 0.15) is 37.0 Å². The van der Waals surface area contributed by atoms with Crippen molar-refractivity contribution < 1.29 is 13.3 Å². The van der Waals surface area contributed by atoms with Crippen molar-refractivity contribution in [1.82, 2.24) is 20.8 Å². The highest BCUT2D eigenvalue weighted by atomic mass is 19.2. The minimum absolute atomic E-state index is 0.0189. The molecule has 0 aliphatic rings. The third kappa shape index (κ3) is 5.00. The lowest BCUT2D eigenvalue weighted by atomic mass is 10.0. The fourth-order valence-electron chi connectivity index (χ4n) is 2.08. The number of hydrogen-bond acceptors (Lipinski definition) is 4. The van der Waals surface area contributed by atoms with E-state index in [2.05, 4.69) is 25.8 Å². The van der Waals surface area contributed by atoms with Crippen molar-refractivity contribution in [2.24, 2.45) is 4.99 Å². The largest absolute Gasteiger partial charge is 0.357 e. The van der Waals surface area contributed by atoms with Crippen molar-refractivity contribution >= 4 is 5.96 Å². The fraction of sp³-hybridized carbons (Fsp3) is 0.438. The molecule has 0 unspecified atom stereocenters. The van der Waals surface area contributed by atoms with Crippen LogP contribution in [0.5, 0.6) is 0 Å². The third-order valence-electron chi connectivity index (χ3n) is 3.37. The van der Waals surface area contributed by atoms with Gasteiger partial charge >= 0.3 is 0 Å². The van der Waals surface area contributed by atoms with Gasteiger partial charge in [0.15, 0.2) is 23.4 Å². The first kappa shape index (κ1) is 17.8. The summed E-state index contributed by atoms with van der Waals surface area (Å²) >= 11 is 0. The van der Waals surface area contributed by atoms with Crippen LogP contribution < -0.4 is 10.6 Å². The second-order valence-electron chi connectivity index (χ2n) is 5.39. The quantitative estimate of drug-likeness (QED) is 0.626. The smallest absolute Gasteiger partial charge is 0.248 e. The number of guanidine groups is 1. The van der Waals surface area contributed by atoms with Crippen LogP contribution in [0.3, 0.4) is 0 Å².